The van der Waals surface area contributed by atoms with Crippen LogP contribution < -0.4 is 10.6 Å². The van der Waals surface area contributed by atoms with Gasteiger partial charge in [0.05, 0.1) is 10.0 Å². The first-order valence-electron chi connectivity index (χ1n) is 7.25. The molecular weight excluding hydrogens is 311 g/mol. The molecule has 4 nitrogen and oxygen atoms in total. The van der Waals surface area contributed by atoms with Crippen LogP contribution in [0.15, 0.2) is 12.1 Å². The molecule has 2 unspecified atom stereocenters. The van der Waals surface area contributed by atoms with E-state index in [1.165, 1.54) is 25.0 Å². The first-order valence-corrected chi connectivity index (χ1v) is 8.00. The molecule has 6 heteroatoms. The van der Waals surface area contributed by atoms with Crippen LogP contribution in [0.2, 0.25) is 10.0 Å². The molecule has 1 aromatic rings. The third kappa shape index (κ3) is 3.44. The Morgan fingerprint density at radius 3 is 2.38 bits per heavy atom. The molecule has 2 bridgehead atoms. The Morgan fingerprint density at radius 1 is 1.24 bits per heavy atom. The molecule has 0 saturated carbocycles. The topological polar surface area (TPSA) is 61.4 Å². The summed E-state index contributed by atoms with van der Waals surface area (Å²) in [7, 11) is 0. The molecule has 0 aromatic heterocycles. The van der Waals surface area contributed by atoms with Gasteiger partial charge in [0.15, 0.2) is 5.75 Å². The van der Waals surface area contributed by atoms with E-state index >= 15 is 0 Å². The van der Waals surface area contributed by atoms with Gasteiger partial charge in [0.25, 0.3) is 0 Å². The first kappa shape index (κ1) is 14.9. The lowest BCUT2D eigenvalue weighted by atomic mass is 9.89. The Balaban J connectivity index is 1.59. The quantitative estimate of drug-likeness (QED) is 0.743. The van der Waals surface area contributed by atoms with Gasteiger partial charge < -0.3 is 15.7 Å². The lowest BCUT2D eigenvalue weighted by Gasteiger charge is -2.28. The molecule has 2 heterocycles. The highest BCUT2D eigenvalue weighted by Crippen LogP contribution is 2.35. The fraction of sp³-hybridized carbons (Fsp3) is 0.533. The van der Waals surface area contributed by atoms with E-state index in [-0.39, 0.29) is 21.7 Å². The molecule has 0 spiro atoms. The Bertz CT molecular complexity index is 530. The second-order valence-corrected chi connectivity index (χ2v) is 6.83. The maximum atomic E-state index is 12.1. The standard InChI is InChI=1S/C15H18Cl2N2O2/c16-12-6-11(7-13(17)15(12)21)19-14(20)5-8-3-9-1-2-10(4-8)18-9/h6-10,18,21H,1-5H2,(H,19,20). The largest absolute Gasteiger partial charge is 0.505 e. The monoisotopic (exact) mass is 328 g/mol. The Hall–Kier alpha value is -0.970. The summed E-state index contributed by atoms with van der Waals surface area (Å²) in [5.74, 6) is 0.247. The highest BCUT2D eigenvalue weighted by Gasteiger charge is 2.34. The number of piperidine rings is 1. The summed E-state index contributed by atoms with van der Waals surface area (Å²) in [6.45, 7) is 0. The summed E-state index contributed by atoms with van der Waals surface area (Å²) in [5.41, 5.74) is 0.518. The maximum Gasteiger partial charge on any atom is 0.224 e. The zero-order valence-electron chi connectivity index (χ0n) is 11.5. The summed E-state index contributed by atoms with van der Waals surface area (Å²) in [6.07, 6.45) is 5.12. The number of phenols is 1. The summed E-state index contributed by atoms with van der Waals surface area (Å²) in [6, 6.07) is 4.18. The molecule has 2 aliphatic heterocycles. The van der Waals surface area contributed by atoms with Gasteiger partial charge in [-0.2, -0.15) is 0 Å². The van der Waals surface area contributed by atoms with Gasteiger partial charge in [-0.05, 0) is 43.7 Å². The number of aromatic hydroxyl groups is 1. The highest BCUT2D eigenvalue weighted by atomic mass is 35.5. The lowest BCUT2D eigenvalue weighted by Crippen LogP contribution is -2.39. The second-order valence-electron chi connectivity index (χ2n) is 6.02. The molecule has 2 saturated heterocycles. The van der Waals surface area contributed by atoms with E-state index < -0.39 is 0 Å². The molecule has 2 aliphatic rings. The van der Waals surface area contributed by atoms with Gasteiger partial charge in [0.1, 0.15) is 0 Å². The van der Waals surface area contributed by atoms with Crippen molar-refractivity contribution in [3.63, 3.8) is 0 Å². The van der Waals surface area contributed by atoms with Gasteiger partial charge in [-0.1, -0.05) is 23.2 Å². The van der Waals surface area contributed by atoms with Crippen LogP contribution in [-0.4, -0.2) is 23.1 Å². The van der Waals surface area contributed by atoms with Crippen LogP contribution in [-0.2, 0) is 4.79 Å². The molecule has 3 N–H and O–H groups in total. The van der Waals surface area contributed by atoms with Crippen molar-refractivity contribution in [2.75, 3.05) is 5.32 Å². The van der Waals surface area contributed by atoms with Crippen LogP contribution in [0.25, 0.3) is 0 Å². The minimum atomic E-state index is -0.161. The van der Waals surface area contributed by atoms with Crippen molar-refractivity contribution in [1.82, 2.24) is 5.32 Å². The van der Waals surface area contributed by atoms with Crippen molar-refractivity contribution < 1.29 is 9.90 Å². The summed E-state index contributed by atoms with van der Waals surface area (Å²) in [5, 5.41) is 16.2. The second kappa shape index (κ2) is 6.03. The number of benzene rings is 1. The van der Waals surface area contributed by atoms with Crippen molar-refractivity contribution in [2.24, 2.45) is 5.92 Å². The molecule has 2 fully saturated rings. The van der Waals surface area contributed by atoms with Gasteiger partial charge in [-0.15, -0.1) is 0 Å². The number of rotatable bonds is 3. The van der Waals surface area contributed by atoms with Crippen LogP contribution in [0.3, 0.4) is 0 Å². The Labute approximate surface area is 133 Å². The number of carbonyl (C=O) groups is 1. The number of anilines is 1. The zero-order valence-corrected chi connectivity index (χ0v) is 13.0. The van der Waals surface area contributed by atoms with E-state index in [2.05, 4.69) is 10.6 Å². The third-order valence-electron chi connectivity index (χ3n) is 4.35. The fourth-order valence-corrected chi connectivity index (χ4v) is 3.94. The number of amides is 1. The number of fused-ring (bicyclic) bond motifs is 2. The van der Waals surface area contributed by atoms with E-state index in [1.54, 1.807) is 0 Å². The fourth-order valence-electron chi connectivity index (χ4n) is 3.45. The van der Waals surface area contributed by atoms with E-state index in [9.17, 15) is 9.90 Å². The van der Waals surface area contributed by atoms with Crippen LogP contribution >= 0.6 is 23.2 Å². The van der Waals surface area contributed by atoms with Gasteiger partial charge in [0, 0.05) is 24.2 Å². The zero-order chi connectivity index (χ0) is 15.0. The summed E-state index contributed by atoms with van der Waals surface area (Å²) in [4.78, 5) is 12.1. The SMILES string of the molecule is O=C(CC1CC2CCC(C1)N2)Nc1cc(Cl)c(O)c(Cl)c1. The van der Waals surface area contributed by atoms with E-state index in [0.717, 1.165) is 12.8 Å². The van der Waals surface area contributed by atoms with Crippen molar-refractivity contribution in [1.29, 1.82) is 0 Å². The van der Waals surface area contributed by atoms with Gasteiger partial charge in [-0.25, -0.2) is 0 Å². The average Bonchev–Trinajstić information content (AvgIpc) is 2.75. The Kier molecular flexibility index (Phi) is 4.29. The van der Waals surface area contributed by atoms with E-state index in [1.807, 2.05) is 0 Å². The summed E-state index contributed by atoms with van der Waals surface area (Å²) >= 11 is 11.7. The van der Waals surface area contributed by atoms with Crippen molar-refractivity contribution in [3.8, 4) is 5.75 Å². The number of hydrogen-bond donors (Lipinski definition) is 3. The highest BCUT2D eigenvalue weighted by molar-refractivity contribution is 6.37. The molecule has 2 atom stereocenters. The molecule has 1 aromatic carbocycles. The molecule has 21 heavy (non-hydrogen) atoms. The molecular formula is C15H18Cl2N2O2. The van der Waals surface area contributed by atoms with Crippen molar-refractivity contribution in [2.45, 2.75) is 44.2 Å². The molecule has 0 radical (unpaired) electrons. The average molecular weight is 329 g/mol. The minimum Gasteiger partial charge on any atom is -0.505 e. The van der Waals surface area contributed by atoms with Crippen LogP contribution in [0.5, 0.6) is 5.75 Å². The van der Waals surface area contributed by atoms with E-state index in [0.29, 0.717) is 30.1 Å². The smallest absolute Gasteiger partial charge is 0.224 e. The minimum absolute atomic E-state index is 0.0286. The lowest BCUT2D eigenvalue weighted by molar-refractivity contribution is -0.117. The van der Waals surface area contributed by atoms with Gasteiger partial charge in [-0.3, -0.25) is 4.79 Å². The predicted octanol–water partition coefficient (Wildman–Crippen LogP) is 3.56. The van der Waals surface area contributed by atoms with Crippen LogP contribution in [0.1, 0.15) is 32.1 Å². The van der Waals surface area contributed by atoms with Crippen molar-refractivity contribution in [3.05, 3.63) is 22.2 Å². The maximum absolute atomic E-state index is 12.1. The van der Waals surface area contributed by atoms with Crippen LogP contribution in [0.4, 0.5) is 5.69 Å². The normalized spacial score (nSPS) is 27.6. The number of halogens is 2. The third-order valence-corrected chi connectivity index (χ3v) is 4.92. The number of carbonyl (C=O) groups excluding carboxylic acids is 1. The number of nitrogens with one attached hydrogen (secondary N) is 2. The molecule has 114 valence electrons. The predicted molar refractivity (Wildman–Crippen MR) is 84.0 cm³/mol. The molecule has 3 rings (SSSR count). The van der Waals surface area contributed by atoms with Gasteiger partial charge in [0.2, 0.25) is 5.91 Å². The number of phenolic OH excluding ortho intramolecular Hbond substituents is 1. The molecule has 0 aliphatic carbocycles. The van der Waals surface area contributed by atoms with E-state index in [4.69, 9.17) is 23.2 Å². The Morgan fingerprint density at radius 2 is 1.81 bits per heavy atom. The molecule has 1 amide bonds. The van der Waals surface area contributed by atoms with Crippen molar-refractivity contribution >= 4 is 34.8 Å². The number of hydrogen-bond acceptors (Lipinski definition) is 3. The van der Waals surface area contributed by atoms with Crippen LogP contribution in [0, 0.1) is 5.92 Å². The van der Waals surface area contributed by atoms with Gasteiger partial charge >= 0.3 is 0 Å². The first-order chi connectivity index (χ1) is 10.0. The summed E-state index contributed by atoms with van der Waals surface area (Å²) < 4.78 is 0.